The molecule has 0 bridgehead atoms. The Labute approximate surface area is 139 Å². The summed E-state index contributed by atoms with van der Waals surface area (Å²) in [6.07, 6.45) is 3.99. The lowest BCUT2D eigenvalue weighted by atomic mass is 10.1. The topological polar surface area (TPSA) is 94.2 Å². The van der Waals surface area contributed by atoms with Crippen LogP contribution < -0.4 is 10.9 Å². The van der Waals surface area contributed by atoms with Gasteiger partial charge in [0.2, 0.25) is 0 Å². The summed E-state index contributed by atoms with van der Waals surface area (Å²) in [6, 6.07) is 9.40. The Bertz CT molecular complexity index is 781. The number of carbonyl (C=O) groups is 1. The number of nitro benzene ring substituents is 1. The summed E-state index contributed by atoms with van der Waals surface area (Å²) in [5.41, 5.74) is 1.24. The van der Waals surface area contributed by atoms with Crippen LogP contribution in [0.1, 0.15) is 28.8 Å². The van der Waals surface area contributed by atoms with Gasteiger partial charge in [0.1, 0.15) is 0 Å². The van der Waals surface area contributed by atoms with Crippen LogP contribution in [0.15, 0.2) is 47.4 Å². The molecule has 1 amide bonds. The summed E-state index contributed by atoms with van der Waals surface area (Å²) in [4.78, 5) is 33.6. The second-order valence-corrected chi connectivity index (χ2v) is 5.50. The molecule has 1 N–H and O–H groups in total. The van der Waals surface area contributed by atoms with Crippen LogP contribution in [0.4, 0.5) is 5.69 Å². The zero-order valence-electron chi connectivity index (χ0n) is 13.4. The minimum atomic E-state index is -0.420. The van der Waals surface area contributed by atoms with E-state index in [4.69, 9.17) is 0 Å². The number of aryl methyl sites for hydroxylation is 2. The van der Waals surface area contributed by atoms with Crippen LogP contribution in [0.25, 0.3) is 0 Å². The van der Waals surface area contributed by atoms with Gasteiger partial charge in [-0.3, -0.25) is 19.7 Å². The van der Waals surface area contributed by atoms with Crippen LogP contribution in [0.2, 0.25) is 0 Å². The number of nitrogens with zero attached hydrogens (tertiary/aromatic N) is 2. The molecule has 126 valence electrons. The number of hydrogen-bond acceptors (Lipinski definition) is 4. The molecule has 0 saturated carbocycles. The average Bonchev–Trinajstić information content (AvgIpc) is 2.57. The van der Waals surface area contributed by atoms with E-state index >= 15 is 0 Å². The third kappa shape index (κ3) is 4.77. The zero-order chi connectivity index (χ0) is 17.5. The number of amides is 1. The lowest BCUT2D eigenvalue weighted by Crippen LogP contribution is -2.27. The van der Waals surface area contributed by atoms with E-state index in [0.29, 0.717) is 12.1 Å². The first-order valence-corrected chi connectivity index (χ1v) is 7.65. The molecule has 2 aromatic rings. The van der Waals surface area contributed by atoms with Crippen LogP contribution in [0.3, 0.4) is 0 Å². The molecule has 0 atom stereocenters. The molecule has 1 aromatic heterocycles. The van der Waals surface area contributed by atoms with Crippen molar-refractivity contribution in [2.45, 2.75) is 19.3 Å². The lowest BCUT2D eigenvalue weighted by Gasteiger charge is -2.06. The van der Waals surface area contributed by atoms with Crippen molar-refractivity contribution in [3.63, 3.8) is 0 Å². The molecular formula is C17H19N3O4. The van der Waals surface area contributed by atoms with Gasteiger partial charge in [-0.2, -0.15) is 0 Å². The molecule has 2 rings (SSSR count). The predicted octanol–water partition coefficient (Wildman–Crippen LogP) is 2.05. The molecule has 0 radical (unpaired) electrons. The van der Waals surface area contributed by atoms with E-state index in [2.05, 4.69) is 5.32 Å². The van der Waals surface area contributed by atoms with Crippen LogP contribution >= 0.6 is 0 Å². The number of pyridine rings is 1. The zero-order valence-corrected chi connectivity index (χ0v) is 13.4. The standard InChI is InChI=1S/C17H19N3O4/c1-19-11-9-14(12-16(19)21)17(22)18-10-3-2-4-13-5-7-15(8-6-13)20(23)24/h5-9,11-12H,2-4,10H2,1H3,(H,18,22). The molecule has 7 heteroatoms. The number of aromatic nitrogens is 1. The molecule has 1 aromatic carbocycles. The smallest absolute Gasteiger partial charge is 0.269 e. The van der Waals surface area contributed by atoms with Gasteiger partial charge in [-0.15, -0.1) is 0 Å². The Kier molecular flexibility index (Phi) is 5.83. The highest BCUT2D eigenvalue weighted by Crippen LogP contribution is 2.13. The van der Waals surface area contributed by atoms with E-state index in [1.54, 1.807) is 31.4 Å². The van der Waals surface area contributed by atoms with E-state index in [-0.39, 0.29) is 17.2 Å². The quantitative estimate of drug-likeness (QED) is 0.478. The summed E-state index contributed by atoms with van der Waals surface area (Å²) >= 11 is 0. The van der Waals surface area contributed by atoms with Crippen LogP contribution in [0.5, 0.6) is 0 Å². The van der Waals surface area contributed by atoms with Crippen LogP contribution in [-0.4, -0.2) is 21.9 Å². The summed E-state index contributed by atoms with van der Waals surface area (Å²) in [5, 5.41) is 13.4. The third-order valence-electron chi connectivity index (χ3n) is 3.69. The summed E-state index contributed by atoms with van der Waals surface area (Å²) in [5.74, 6) is -0.261. The first-order chi connectivity index (χ1) is 11.5. The van der Waals surface area contributed by atoms with Crippen molar-refractivity contribution in [3.05, 3.63) is 74.2 Å². The number of benzene rings is 1. The van der Waals surface area contributed by atoms with Crippen molar-refractivity contribution < 1.29 is 9.72 Å². The molecule has 1 heterocycles. The number of rotatable bonds is 7. The molecule has 0 aliphatic rings. The molecular weight excluding hydrogens is 310 g/mol. The highest BCUT2D eigenvalue weighted by molar-refractivity contribution is 5.93. The average molecular weight is 329 g/mol. The maximum atomic E-state index is 11.9. The normalized spacial score (nSPS) is 10.4. The van der Waals surface area contributed by atoms with Gasteiger partial charge in [0.05, 0.1) is 4.92 Å². The number of nitrogens with one attached hydrogen (secondary N) is 1. The van der Waals surface area contributed by atoms with E-state index in [9.17, 15) is 19.7 Å². The summed E-state index contributed by atoms with van der Waals surface area (Å²) in [7, 11) is 1.63. The van der Waals surface area contributed by atoms with Crippen LogP contribution in [-0.2, 0) is 13.5 Å². The molecule has 0 saturated heterocycles. The highest BCUT2D eigenvalue weighted by Gasteiger charge is 2.06. The van der Waals surface area contributed by atoms with E-state index < -0.39 is 4.92 Å². The van der Waals surface area contributed by atoms with Gasteiger partial charge in [0, 0.05) is 43.6 Å². The molecule has 0 spiro atoms. The first kappa shape index (κ1) is 17.4. The van der Waals surface area contributed by atoms with Crippen molar-refractivity contribution >= 4 is 11.6 Å². The Morgan fingerprint density at radius 2 is 1.92 bits per heavy atom. The SMILES string of the molecule is Cn1ccc(C(=O)NCCCCc2ccc([N+](=O)[O-])cc2)cc1=O. The second-order valence-electron chi connectivity index (χ2n) is 5.50. The van der Waals surface area contributed by atoms with Gasteiger partial charge >= 0.3 is 0 Å². The molecule has 24 heavy (non-hydrogen) atoms. The van der Waals surface area contributed by atoms with Gasteiger partial charge in [-0.05, 0) is 30.9 Å². The molecule has 7 nitrogen and oxygen atoms in total. The Morgan fingerprint density at radius 1 is 1.21 bits per heavy atom. The Hall–Kier alpha value is -2.96. The third-order valence-corrected chi connectivity index (χ3v) is 3.69. The van der Waals surface area contributed by atoms with Gasteiger partial charge in [-0.25, -0.2) is 0 Å². The molecule has 0 aliphatic heterocycles. The summed E-state index contributed by atoms with van der Waals surface area (Å²) < 4.78 is 1.40. The lowest BCUT2D eigenvalue weighted by molar-refractivity contribution is -0.384. The number of nitro groups is 1. The highest BCUT2D eigenvalue weighted by atomic mass is 16.6. The van der Waals surface area contributed by atoms with Gasteiger partial charge in [0.15, 0.2) is 0 Å². The molecule has 0 unspecified atom stereocenters. The van der Waals surface area contributed by atoms with Crippen molar-refractivity contribution in [2.24, 2.45) is 7.05 Å². The van der Waals surface area contributed by atoms with Crippen molar-refractivity contribution in [1.82, 2.24) is 9.88 Å². The second kappa shape index (κ2) is 8.05. The van der Waals surface area contributed by atoms with Crippen molar-refractivity contribution in [1.29, 1.82) is 0 Å². The monoisotopic (exact) mass is 329 g/mol. The number of carbonyl (C=O) groups excluding carboxylic acids is 1. The number of hydrogen-bond donors (Lipinski definition) is 1. The van der Waals surface area contributed by atoms with Crippen molar-refractivity contribution in [2.75, 3.05) is 6.54 Å². The Balaban J connectivity index is 1.72. The van der Waals surface area contributed by atoms with Gasteiger partial charge in [-0.1, -0.05) is 12.1 Å². The maximum absolute atomic E-state index is 11.9. The first-order valence-electron chi connectivity index (χ1n) is 7.65. The van der Waals surface area contributed by atoms with E-state index in [1.165, 1.54) is 22.8 Å². The van der Waals surface area contributed by atoms with E-state index in [0.717, 1.165) is 24.8 Å². The van der Waals surface area contributed by atoms with Gasteiger partial charge < -0.3 is 9.88 Å². The minimum absolute atomic E-state index is 0.0833. The fraction of sp³-hybridized carbons (Fsp3) is 0.294. The van der Waals surface area contributed by atoms with Crippen molar-refractivity contribution in [3.8, 4) is 0 Å². The van der Waals surface area contributed by atoms with E-state index in [1.807, 2.05) is 0 Å². The fourth-order valence-electron chi connectivity index (χ4n) is 2.23. The van der Waals surface area contributed by atoms with Gasteiger partial charge in [0.25, 0.3) is 17.2 Å². The number of unbranched alkanes of at least 4 members (excludes halogenated alkanes) is 1. The fourth-order valence-corrected chi connectivity index (χ4v) is 2.23. The summed E-state index contributed by atoms with van der Waals surface area (Å²) in [6.45, 7) is 0.515. The Morgan fingerprint density at radius 3 is 2.54 bits per heavy atom. The van der Waals surface area contributed by atoms with Crippen LogP contribution in [0, 0.1) is 10.1 Å². The number of non-ortho nitro benzene ring substituents is 1. The minimum Gasteiger partial charge on any atom is -0.352 e. The maximum Gasteiger partial charge on any atom is 0.269 e. The largest absolute Gasteiger partial charge is 0.352 e. The predicted molar refractivity (Wildman–Crippen MR) is 90.1 cm³/mol. The molecule has 0 fully saturated rings. The molecule has 0 aliphatic carbocycles.